The summed E-state index contributed by atoms with van der Waals surface area (Å²) in [4.78, 5) is 32.1. The minimum atomic E-state index is -1.06. The molecule has 0 radical (unpaired) electrons. The summed E-state index contributed by atoms with van der Waals surface area (Å²) in [5.41, 5.74) is -1.62. The lowest BCUT2D eigenvalue weighted by molar-refractivity contribution is -0.394. The Balaban J connectivity index is 2.45. The number of non-ortho nitro benzene ring substituents is 1. The third kappa shape index (κ3) is 2.88. The Morgan fingerprint density at radius 3 is 2.18 bits per heavy atom. The van der Waals surface area contributed by atoms with Crippen LogP contribution in [0.5, 0.6) is 0 Å². The molecule has 112 valence electrons. The Kier molecular flexibility index (Phi) is 4.09. The molecule has 9 heteroatoms. The quantitative estimate of drug-likeness (QED) is 0.525. The van der Waals surface area contributed by atoms with Crippen LogP contribution >= 0.6 is 0 Å². The second kappa shape index (κ2) is 5.97. The van der Waals surface area contributed by atoms with Crippen LogP contribution in [0.15, 0.2) is 48.5 Å². The van der Waals surface area contributed by atoms with Gasteiger partial charge in [-0.2, -0.15) is 5.06 Å². The first-order valence-corrected chi connectivity index (χ1v) is 5.93. The summed E-state index contributed by atoms with van der Waals surface area (Å²) in [6, 6.07) is 10.2. The van der Waals surface area contributed by atoms with Gasteiger partial charge in [-0.15, -0.1) is 0 Å². The molecule has 0 aliphatic heterocycles. The largest absolute Gasteiger partial charge is 0.289 e. The highest BCUT2D eigenvalue weighted by Gasteiger charge is 2.27. The summed E-state index contributed by atoms with van der Waals surface area (Å²) in [6.45, 7) is 0. The highest BCUT2D eigenvalue weighted by Crippen LogP contribution is 2.26. The van der Waals surface area contributed by atoms with E-state index in [1.807, 2.05) is 0 Å². The number of para-hydroxylation sites is 1. The standard InChI is InChI=1S/C13H9N3O6/c17-13(14(18)9-4-2-1-3-5-9)11-7-6-10(15(19)20)8-12(11)16(21)22/h1-8,18H. The number of benzene rings is 2. The van der Waals surface area contributed by atoms with Gasteiger partial charge in [0.25, 0.3) is 17.3 Å². The topological polar surface area (TPSA) is 127 Å². The maximum Gasteiger partial charge on any atom is 0.289 e. The minimum Gasteiger partial charge on any atom is -0.281 e. The SMILES string of the molecule is O=C(c1ccc([N+](=O)[O-])cc1[N+](=O)[O-])N(O)c1ccccc1. The summed E-state index contributed by atoms with van der Waals surface area (Å²) in [5.74, 6) is -1.06. The van der Waals surface area contributed by atoms with E-state index in [0.717, 1.165) is 12.1 Å². The van der Waals surface area contributed by atoms with Gasteiger partial charge in [0.1, 0.15) is 5.56 Å². The van der Waals surface area contributed by atoms with E-state index in [4.69, 9.17) is 0 Å². The number of rotatable bonds is 4. The average molecular weight is 303 g/mol. The smallest absolute Gasteiger partial charge is 0.281 e. The van der Waals surface area contributed by atoms with E-state index in [1.54, 1.807) is 18.2 Å². The molecule has 1 N–H and O–H groups in total. The van der Waals surface area contributed by atoms with Crippen LogP contribution in [0, 0.1) is 20.2 Å². The van der Waals surface area contributed by atoms with E-state index in [-0.39, 0.29) is 10.8 Å². The fraction of sp³-hybridized carbons (Fsp3) is 0. The molecule has 0 saturated heterocycles. The van der Waals surface area contributed by atoms with Crippen LogP contribution in [0.25, 0.3) is 0 Å². The van der Waals surface area contributed by atoms with Gasteiger partial charge in [-0.3, -0.25) is 30.2 Å². The average Bonchev–Trinajstić information content (AvgIpc) is 2.53. The van der Waals surface area contributed by atoms with E-state index in [2.05, 4.69) is 0 Å². The zero-order chi connectivity index (χ0) is 16.3. The van der Waals surface area contributed by atoms with Gasteiger partial charge >= 0.3 is 0 Å². The third-order valence-corrected chi connectivity index (χ3v) is 2.81. The first kappa shape index (κ1) is 15.1. The molecule has 0 aliphatic rings. The van der Waals surface area contributed by atoms with Crippen molar-refractivity contribution >= 4 is 23.0 Å². The third-order valence-electron chi connectivity index (χ3n) is 2.81. The highest BCUT2D eigenvalue weighted by molar-refractivity contribution is 6.07. The number of nitro groups is 2. The number of nitro benzene ring substituents is 2. The van der Waals surface area contributed by atoms with Crippen LogP contribution in [-0.2, 0) is 0 Å². The van der Waals surface area contributed by atoms with E-state index in [0.29, 0.717) is 6.07 Å². The van der Waals surface area contributed by atoms with Crippen LogP contribution in [-0.4, -0.2) is 21.0 Å². The van der Waals surface area contributed by atoms with Crippen LogP contribution in [0.4, 0.5) is 17.1 Å². The molecule has 2 aromatic carbocycles. The molecule has 0 saturated carbocycles. The normalized spacial score (nSPS) is 10.0. The molecular weight excluding hydrogens is 294 g/mol. The second-order valence-corrected chi connectivity index (χ2v) is 4.17. The van der Waals surface area contributed by atoms with E-state index in [1.165, 1.54) is 12.1 Å². The number of hydroxylamine groups is 1. The summed E-state index contributed by atoms with van der Waals surface area (Å²) in [7, 11) is 0. The second-order valence-electron chi connectivity index (χ2n) is 4.17. The van der Waals surface area contributed by atoms with Gasteiger partial charge in [-0.05, 0) is 18.2 Å². The molecule has 0 unspecified atom stereocenters. The Morgan fingerprint density at radius 2 is 1.64 bits per heavy atom. The van der Waals surface area contributed by atoms with Crippen molar-refractivity contribution in [3.8, 4) is 0 Å². The Bertz CT molecular complexity index is 747. The number of carbonyl (C=O) groups excluding carboxylic acids is 1. The number of carbonyl (C=O) groups is 1. The summed E-state index contributed by atoms with van der Waals surface area (Å²) in [6.07, 6.45) is 0. The fourth-order valence-electron chi connectivity index (χ4n) is 1.77. The molecule has 1 amide bonds. The number of hydrogen-bond donors (Lipinski definition) is 1. The predicted molar refractivity (Wildman–Crippen MR) is 74.8 cm³/mol. The van der Waals surface area contributed by atoms with Crippen molar-refractivity contribution in [3.63, 3.8) is 0 Å². The lowest BCUT2D eigenvalue weighted by atomic mass is 10.1. The van der Waals surface area contributed by atoms with E-state index >= 15 is 0 Å². The van der Waals surface area contributed by atoms with Crippen LogP contribution < -0.4 is 5.06 Å². The molecule has 22 heavy (non-hydrogen) atoms. The van der Waals surface area contributed by atoms with Crippen molar-refractivity contribution < 1.29 is 19.8 Å². The molecule has 0 fully saturated rings. The molecule has 0 aliphatic carbocycles. The van der Waals surface area contributed by atoms with Crippen LogP contribution in [0.1, 0.15) is 10.4 Å². The van der Waals surface area contributed by atoms with Gasteiger partial charge < -0.3 is 0 Å². The number of amides is 1. The first-order valence-electron chi connectivity index (χ1n) is 5.93. The highest BCUT2D eigenvalue weighted by atomic mass is 16.6. The van der Waals surface area contributed by atoms with Crippen molar-refractivity contribution in [2.24, 2.45) is 0 Å². The van der Waals surface area contributed by atoms with Crippen molar-refractivity contribution in [1.29, 1.82) is 0 Å². The number of hydrogen-bond acceptors (Lipinski definition) is 6. The summed E-state index contributed by atoms with van der Waals surface area (Å²) in [5, 5.41) is 31.7. The van der Waals surface area contributed by atoms with Crippen molar-refractivity contribution in [3.05, 3.63) is 74.3 Å². The minimum absolute atomic E-state index is 0.111. The Hall–Kier alpha value is -3.33. The van der Waals surface area contributed by atoms with Crippen molar-refractivity contribution in [2.45, 2.75) is 0 Å². The molecule has 0 bridgehead atoms. The van der Waals surface area contributed by atoms with Gasteiger partial charge in [0.15, 0.2) is 0 Å². The van der Waals surface area contributed by atoms with Gasteiger partial charge in [0.2, 0.25) is 0 Å². The zero-order valence-corrected chi connectivity index (χ0v) is 10.9. The molecule has 2 rings (SSSR count). The fourth-order valence-corrected chi connectivity index (χ4v) is 1.77. The molecule has 0 spiro atoms. The summed E-state index contributed by atoms with van der Waals surface area (Å²) < 4.78 is 0. The lowest BCUT2D eigenvalue weighted by Crippen LogP contribution is -2.27. The molecule has 2 aromatic rings. The van der Waals surface area contributed by atoms with E-state index in [9.17, 15) is 30.2 Å². The van der Waals surface area contributed by atoms with Gasteiger partial charge in [0, 0.05) is 6.07 Å². The van der Waals surface area contributed by atoms with Crippen molar-refractivity contribution in [1.82, 2.24) is 0 Å². The van der Waals surface area contributed by atoms with Crippen molar-refractivity contribution in [2.75, 3.05) is 5.06 Å². The van der Waals surface area contributed by atoms with Gasteiger partial charge in [0.05, 0.1) is 21.6 Å². The monoisotopic (exact) mass is 303 g/mol. The Labute approximate surface area is 123 Å². The molecule has 0 atom stereocenters. The molecule has 0 heterocycles. The van der Waals surface area contributed by atoms with Crippen LogP contribution in [0.2, 0.25) is 0 Å². The van der Waals surface area contributed by atoms with Gasteiger partial charge in [-0.1, -0.05) is 18.2 Å². The Morgan fingerprint density at radius 1 is 1.00 bits per heavy atom. The number of anilines is 1. The molecule has 0 aromatic heterocycles. The van der Waals surface area contributed by atoms with E-state index < -0.39 is 32.7 Å². The molecule has 9 nitrogen and oxygen atoms in total. The predicted octanol–water partition coefficient (Wildman–Crippen LogP) is 2.54. The van der Waals surface area contributed by atoms with Crippen LogP contribution in [0.3, 0.4) is 0 Å². The molecular formula is C13H9N3O6. The maximum absolute atomic E-state index is 12.2. The lowest BCUT2D eigenvalue weighted by Gasteiger charge is -2.14. The summed E-state index contributed by atoms with van der Waals surface area (Å²) >= 11 is 0. The number of nitrogens with zero attached hydrogens (tertiary/aromatic N) is 3. The van der Waals surface area contributed by atoms with Gasteiger partial charge in [-0.25, -0.2) is 0 Å². The first-order chi connectivity index (χ1) is 10.4. The zero-order valence-electron chi connectivity index (χ0n) is 10.9. The maximum atomic E-state index is 12.2.